The van der Waals surface area contributed by atoms with E-state index in [-0.39, 0.29) is 16.8 Å². The molecule has 0 saturated carbocycles. The molecule has 0 spiro atoms. The van der Waals surface area contributed by atoms with E-state index < -0.39 is 11.9 Å². The quantitative estimate of drug-likeness (QED) is 0.442. The van der Waals surface area contributed by atoms with E-state index in [0.29, 0.717) is 26.9 Å². The van der Waals surface area contributed by atoms with Gasteiger partial charge >= 0.3 is 5.97 Å². The number of carbonyl (C=O) groups is 2. The van der Waals surface area contributed by atoms with Crippen LogP contribution in [0, 0.1) is 11.3 Å². The first kappa shape index (κ1) is 20.7. The Kier molecular flexibility index (Phi) is 7.16. The monoisotopic (exact) mass is 492 g/mol. The Morgan fingerprint density at radius 1 is 1.26 bits per heavy atom. The van der Waals surface area contributed by atoms with Crippen LogP contribution in [0.2, 0.25) is 0 Å². The van der Waals surface area contributed by atoms with Crippen molar-refractivity contribution < 1.29 is 19.4 Å². The number of nitrogens with zero attached hydrogens (tertiary/aromatic N) is 1. The second-order valence-electron chi connectivity index (χ2n) is 5.22. The Morgan fingerprint density at radius 3 is 2.44 bits per heavy atom. The minimum Gasteiger partial charge on any atom is -0.492 e. The van der Waals surface area contributed by atoms with E-state index in [2.05, 4.69) is 37.2 Å². The minimum atomic E-state index is -1.17. The van der Waals surface area contributed by atoms with Crippen LogP contribution < -0.4 is 10.1 Å². The minimum absolute atomic E-state index is 0.0605. The average molecular weight is 494 g/mol. The number of amides is 1. The van der Waals surface area contributed by atoms with Gasteiger partial charge in [0.15, 0.2) is 0 Å². The SMILES string of the molecule is CCOc1c(Br)cc(/C=C(\C#N)C(=O)Nc2ccccc2C(=O)O)cc1Br. The molecule has 0 aliphatic carbocycles. The first-order chi connectivity index (χ1) is 12.9. The van der Waals surface area contributed by atoms with Crippen molar-refractivity contribution in [3.05, 3.63) is 62.0 Å². The van der Waals surface area contributed by atoms with Crippen LogP contribution in [0.25, 0.3) is 6.08 Å². The van der Waals surface area contributed by atoms with Crippen LogP contribution in [0.1, 0.15) is 22.8 Å². The third-order valence-electron chi connectivity index (χ3n) is 3.39. The summed E-state index contributed by atoms with van der Waals surface area (Å²) in [6.45, 7) is 2.35. The van der Waals surface area contributed by atoms with Crippen LogP contribution in [0.3, 0.4) is 0 Å². The molecule has 6 nitrogen and oxygen atoms in total. The summed E-state index contributed by atoms with van der Waals surface area (Å²) in [5.41, 5.74) is 0.480. The van der Waals surface area contributed by atoms with E-state index in [1.165, 1.54) is 18.2 Å². The van der Waals surface area contributed by atoms with Crippen LogP contribution in [0.15, 0.2) is 50.9 Å². The van der Waals surface area contributed by atoms with E-state index in [9.17, 15) is 20.0 Å². The van der Waals surface area contributed by atoms with Crippen molar-refractivity contribution in [1.29, 1.82) is 5.26 Å². The standard InChI is InChI=1S/C19H14Br2N2O4/c1-2-27-17-14(20)8-11(9-15(17)21)7-12(10-22)18(24)23-16-6-4-3-5-13(16)19(25)26/h3-9H,2H2,1H3,(H,23,24)(H,25,26)/b12-7+. The third-order valence-corrected chi connectivity index (χ3v) is 4.57. The molecule has 0 heterocycles. The molecule has 0 unspecified atom stereocenters. The summed E-state index contributed by atoms with van der Waals surface area (Å²) in [7, 11) is 0. The van der Waals surface area contributed by atoms with Gasteiger partial charge in [-0.25, -0.2) is 4.79 Å². The van der Waals surface area contributed by atoms with Gasteiger partial charge in [0.2, 0.25) is 0 Å². The molecule has 1 amide bonds. The number of anilines is 1. The fraction of sp³-hybridized carbons (Fsp3) is 0.105. The van der Waals surface area contributed by atoms with Crippen LogP contribution in [-0.4, -0.2) is 23.6 Å². The number of hydrogen-bond acceptors (Lipinski definition) is 4. The largest absolute Gasteiger partial charge is 0.492 e. The van der Waals surface area contributed by atoms with E-state index in [4.69, 9.17) is 4.74 Å². The smallest absolute Gasteiger partial charge is 0.337 e. The predicted molar refractivity (Wildman–Crippen MR) is 109 cm³/mol. The van der Waals surface area contributed by atoms with Gasteiger partial charge in [-0.1, -0.05) is 12.1 Å². The third kappa shape index (κ3) is 5.18. The number of carboxylic acids is 1. The lowest BCUT2D eigenvalue weighted by Gasteiger charge is -2.10. The molecule has 2 N–H and O–H groups in total. The number of aromatic carboxylic acids is 1. The van der Waals surface area contributed by atoms with Crippen molar-refractivity contribution in [2.45, 2.75) is 6.92 Å². The number of benzene rings is 2. The maximum Gasteiger partial charge on any atom is 0.337 e. The van der Waals surface area contributed by atoms with Crippen LogP contribution in [0.4, 0.5) is 5.69 Å². The Hall–Kier alpha value is -2.63. The van der Waals surface area contributed by atoms with Gasteiger partial charge in [-0.2, -0.15) is 5.26 Å². The molecular formula is C19H14Br2N2O4. The number of ether oxygens (including phenoxy) is 1. The lowest BCUT2D eigenvalue weighted by atomic mass is 10.1. The first-order valence-corrected chi connectivity index (χ1v) is 9.33. The summed E-state index contributed by atoms with van der Waals surface area (Å²) >= 11 is 6.79. The van der Waals surface area contributed by atoms with Gasteiger partial charge in [0.25, 0.3) is 5.91 Å². The number of nitrogens with one attached hydrogen (secondary N) is 1. The molecule has 0 saturated heterocycles. The van der Waals surface area contributed by atoms with Gasteiger partial charge in [-0.05, 0) is 74.7 Å². The van der Waals surface area contributed by atoms with Crippen molar-refractivity contribution in [3.8, 4) is 11.8 Å². The highest BCUT2D eigenvalue weighted by molar-refractivity contribution is 9.11. The molecule has 0 bridgehead atoms. The fourth-order valence-electron chi connectivity index (χ4n) is 2.23. The van der Waals surface area contributed by atoms with Gasteiger partial charge in [-0.15, -0.1) is 0 Å². The van der Waals surface area contributed by atoms with E-state index in [1.54, 1.807) is 24.3 Å². The van der Waals surface area contributed by atoms with E-state index in [1.807, 2.05) is 13.0 Å². The molecule has 8 heteroatoms. The second-order valence-corrected chi connectivity index (χ2v) is 6.93. The van der Waals surface area contributed by atoms with E-state index in [0.717, 1.165) is 0 Å². The number of rotatable bonds is 6. The summed E-state index contributed by atoms with van der Waals surface area (Å²) in [4.78, 5) is 23.7. The lowest BCUT2D eigenvalue weighted by Crippen LogP contribution is -2.16. The first-order valence-electron chi connectivity index (χ1n) is 7.74. The molecule has 0 aliphatic rings. The van der Waals surface area contributed by atoms with Crippen LogP contribution in [-0.2, 0) is 4.79 Å². The molecule has 0 fully saturated rings. The van der Waals surface area contributed by atoms with Crippen molar-refractivity contribution in [1.82, 2.24) is 0 Å². The number of halogens is 2. The average Bonchev–Trinajstić information content (AvgIpc) is 2.63. The van der Waals surface area contributed by atoms with Gasteiger partial charge in [-0.3, -0.25) is 4.79 Å². The van der Waals surface area contributed by atoms with Crippen molar-refractivity contribution in [2.75, 3.05) is 11.9 Å². The molecule has 2 aromatic rings. The Labute approximate surface area is 172 Å². The maximum absolute atomic E-state index is 12.4. The molecule has 0 atom stereocenters. The summed E-state index contributed by atoms with van der Waals surface area (Å²) in [6.07, 6.45) is 1.41. The number of carbonyl (C=O) groups excluding carboxylic acids is 1. The maximum atomic E-state index is 12.4. The highest BCUT2D eigenvalue weighted by Gasteiger charge is 2.15. The van der Waals surface area contributed by atoms with Crippen molar-refractivity contribution in [2.24, 2.45) is 0 Å². The zero-order valence-corrected chi connectivity index (χ0v) is 17.3. The molecular weight excluding hydrogens is 480 g/mol. The summed E-state index contributed by atoms with van der Waals surface area (Å²) in [5, 5.41) is 21.0. The Balaban J connectivity index is 2.33. The van der Waals surface area contributed by atoms with Crippen LogP contribution in [0.5, 0.6) is 5.75 Å². The normalized spacial score (nSPS) is 10.8. The molecule has 138 valence electrons. The molecule has 0 radical (unpaired) electrons. The number of para-hydroxylation sites is 1. The van der Waals surface area contributed by atoms with Gasteiger partial charge in [0, 0.05) is 0 Å². The zero-order chi connectivity index (χ0) is 20.0. The lowest BCUT2D eigenvalue weighted by molar-refractivity contribution is -0.112. The molecule has 0 aromatic heterocycles. The zero-order valence-electron chi connectivity index (χ0n) is 14.1. The molecule has 2 aromatic carbocycles. The topological polar surface area (TPSA) is 99.4 Å². The number of nitriles is 1. The molecule has 0 aliphatic heterocycles. The Morgan fingerprint density at radius 2 is 1.89 bits per heavy atom. The van der Waals surface area contributed by atoms with Gasteiger partial charge in [0.05, 0.1) is 26.8 Å². The van der Waals surface area contributed by atoms with Crippen LogP contribution >= 0.6 is 31.9 Å². The van der Waals surface area contributed by atoms with Crippen molar-refractivity contribution in [3.63, 3.8) is 0 Å². The summed E-state index contributed by atoms with van der Waals surface area (Å²) in [6, 6.07) is 11.2. The molecule has 27 heavy (non-hydrogen) atoms. The fourth-order valence-corrected chi connectivity index (χ4v) is 3.68. The summed E-state index contributed by atoms with van der Waals surface area (Å²) < 4.78 is 6.83. The number of hydrogen-bond donors (Lipinski definition) is 2. The Bertz CT molecular complexity index is 941. The summed E-state index contributed by atoms with van der Waals surface area (Å²) in [5.74, 6) is -1.26. The number of carboxylic acid groups (broad SMARTS) is 1. The molecule has 2 rings (SSSR count). The predicted octanol–water partition coefficient (Wildman–Crippen LogP) is 4.85. The highest BCUT2D eigenvalue weighted by Crippen LogP contribution is 2.35. The van der Waals surface area contributed by atoms with E-state index >= 15 is 0 Å². The van der Waals surface area contributed by atoms with Gasteiger partial charge in [0.1, 0.15) is 17.4 Å². The van der Waals surface area contributed by atoms with Gasteiger partial charge < -0.3 is 15.2 Å². The van der Waals surface area contributed by atoms with Crippen molar-refractivity contribution >= 4 is 55.5 Å². The highest BCUT2D eigenvalue weighted by atomic mass is 79.9. The second kappa shape index (κ2) is 9.35.